The van der Waals surface area contributed by atoms with Crippen molar-refractivity contribution in [1.29, 1.82) is 0 Å². The molecule has 9 heteroatoms. The number of hydrogen-bond acceptors (Lipinski definition) is 6. The van der Waals surface area contributed by atoms with Crippen LogP contribution in [0.2, 0.25) is 0 Å². The Morgan fingerprint density at radius 1 is 1.14 bits per heavy atom. The number of thiophene rings is 1. The minimum Gasteiger partial charge on any atom is -0.338 e. The smallest absolute Gasteiger partial charge is 0.321 e. The van der Waals surface area contributed by atoms with E-state index in [4.69, 9.17) is 0 Å². The first-order valence-electron chi connectivity index (χ1n) is 8.91. The summed E-state index contributed by atoms with van der Waals surface area (Å²) in [6.45, 7) is 4.92. The van der Waals surface area contributed by atoms with Crippen LogP contribution in [-0.2, 0) is 11.3 Å². The number of nitrogens with one attached hydrogen (secondary N) is 2. The number of carbonyl (C=O) groups excluding carboxylic acids is 2. The van der Waals surface area contributed by atoms with Gasteiger partial charge < -0.3 is 9.88 Å². The molecule has 0 bridgehead atoms. The molecule has 0 spiro atoms. The maximum atomic E-state index is 12.8. The van der Waals surface area contributed by atoms with E-state index in [-0.39, 0.29) is 0 Å². The Bertz CT molecular complexity index is 925. The molecule has 2 heterocycles. The van der Waals surface area contributed by atoms with Crippen molar-refractivity contribution in [3.05, 3.63) is 53.4 Å². The van der Waals surface area contributed by atoms with Gasteiger partial charge in [-0.15, -0.1) is 21.5 Å². The molecule has 28 heavy (non-hydrogen) atoms. The molecule has 1 atom stereocenters. The lowest BCUT2D eigenvalue weighted by Crippen LogP contribution is -2.41. The lowest BCUT2D eigenvalue weighted by molar-refractivity contribution is -0.119. The van der Waals surface area contributed by atoms with Crippen molar-refractivity contribution < 1.29 is 9.59 Å². The molecular formula is C19H21N5O2S2. The lowest BCUT2D eigenvalue weighted by atomic mass is 10.1. The Balaban J connectivity index is 1.90. The summed E-state index contributed by atoms with van der Waals surface area (Å²) in [5.41, 5.74) is 0.789. The summed E-state index contributed by atoms with van der Waals surface area (Å²) in [7, 11) is 0. The van der Waals surface area contributed by atoms with Crippen LogP contribution < -0.4 is 10.6 Å². The molecule has 2 aromatic heterocycles. The highest BCUT2D eigenvalue weighted by Crippen LogP contribution is 2.36. The van der Waals surface area contributed by atoms with Crippen LogP contribution in [0.1, 0.15) is 24.7 Å². The Labute approximate surface area is 171 Å². The van der Waals surface area contributed by atoms with E-state index in [0.717, 1.165) is 16.3 Å². The summed E-state index contributed by atoms with van der Waals surface area (Å²) < 4.78 is 1.98. The summed E-state index contributed by atoms with van der Waals surface area (Å²) in [4.78, 5) is 25.7. The van der Waals surface area contributed by atoms with Crippen molar-refractivity contribution in [2.24, 2.45) is 0 Å². The number of nitrogens with zero attached hydrogens (tertiary/aromatic N) is 3. The molecule has 0 saturated heterocycles. The lowest BCUT2D eigenvalue weighted by Gasteiger charge is -2.16. The Morgan fingerprint density at radius 3 is 2.57 bits per heavy atom. The summed E-state index contributed by atoms with van der Waals surface area (Å²) in [6, 6.07) is 12.8. The van der Waals surface area contributed by atoms with Crippen molar-refractivity contribution in [1.82, 2.24) is 25.4 Å². The number of rotatable bonds is 7. The van der Waals surface area contributed by atoms with Gasteiger partial charge in [-0.05, 0) is 30.9 Å². The van der Waals surface area contributed by atoms with Crippen molar-refractivity contribution in [2.45, 2.75) is 30.8 Å². The summed E-state index contributed by atoms with van der Waals surface area (Å²) in [6.07, 6.45) is 0. The summed E-state index contributed by atoms with van der Waals surface area (Å²) >= 11 is 2.87. The zero-order valence-electron chi connectivity index (χ0n) is 15.6. The molecule has 3 aromatic rings. The third kappa shape index (κ3) is 4.60. The fraction of sp³-hybridized carbons (Fsp3) is 0.263. The third-order valence-corrected chi connectivity index (χ3v) is 6.01. The third-order valence-electron chi connectivity index (χ3n) is 3.91. The number of urea groups is 1. The number of amides is 3. The Morgan fingerprint density at radius 2 is 1.93 bits per heavy atom. The molecule has 7 nitrogen and oxygen atoms in total. The first-order valence-corrected chi connectivity index (χ1v) is 10.7. The van der Waals surface area contributed by atoms with E-state index in [9.17, 15) is 9.59 Å². The van der Waals surface area contributed by atoms with E-state index in [2.05, 4.69) is 20.8 Å². The van der Waals surface area contributed by atoms with Crippen molar-refractivity contribution in [3.8, 4) is 10.7 Å². The van der Waals surface area contributed by atoms with Crippen LogP contribution in [0.3, 0.4) is 0 Å². The number of benzene rings is 1. The highest BCUT2D eigenvalue weighted by Gasteiger charge is 2.27. The average Bonchev–Trinajstić information content (AvgIpc) is 3.36. The van der Waals surface area contributed by atoms with Crippen molar-refractivity contribution in [3.63, 3.8) is 0 Å². The second kappa shape index (κ2) is 9.52. The maximum Gasteiger partial charge on any atom is 0.321 e. The zero-order valence-corrected chi connectivity index (χ0v) is 17.2. The maximum absolute atomic E-state index is 12.8. The number of thioether (sulfide) groups is 1. The minimum atomic E-state index is -0.630. The van der Waals surface area contributed by atoms with Crippen LogP contribution in [0.15, 0.2) is 53.0 Å². The molecule has 0 saturated carbocycles. The summed E-state index contributed by atoms with van der Waals surface area (Å²) in [5.74, 6) is 0.376. The van der Waals surface area contributed by atoms with Crippen molar-refractivity contribution in [2.75, 3.05) is 6.54 Å². The molecule has 146 valence electrons. The van der Waals surface area contributed by atoms with E-state index >= 15 is 0 Å². The number of imide groups is 1. The Kier molecular flexibility index (Phi) is 6.83. The molecule has 3 amide bonds. The fourth-order valence-corrected chi connectivity index (χ4v) is 4.46. The molecule has 3 rings (SSSR count). The highest BCUT2D eigenvalue weighted by atomic mass is 32.2. The van der Waals surface area contributed by atoms with E-state index in [1.165, 1.54) is 11.8 Å². The van der Waals surface area contributed by atoms with Crippen LogP contribution in [0, 0.1) is 0 Å². The molecule has 0 aliphatic carbocycles. The Hall–Kier alpha value is -2.65. The predicted molar refractivity (Wildman–Crippen MR) is 111 cm³/mol. The monoisotopic (exact) mass is 415 g/mol. The van der Waals surface area contributed by atoms with Gasteiger partial charge in [-0.25, -0.2) is 4.79 Å². The molecule has 0 aliphatic rings. The fourth-order valence-electron chi connectivity index (χ4n) is 2.64. The first kappa shape index (κ1) is 20.1. The molecule has 0 aliphatic heterocycles. The second-order valence-electron chi connectivity index (χ2n) is 5.79. The van der Waals surface area contributed by atoms with Crippen LogP contribution in [0.5, 0.6) is 0 Å². The average molecular weight is 416 g/mol. The van der Waals surface area contributed by atoms with Crippen molar-refractivity contribution >= 4 is 35.0 Å². The number of hydrogen-bond donors (Lipinski definition) is 2. The largest absolute Gasteiger partial charge is 0.338 e. The van der Waals surface area contributed by atoms with Crippen LogP contribution >= 0.6 is 23.1 Å². The van der Waals surface area contributed by atoms with Gasteiger partial charge in [0.1, 0.15) is 5.25 Å². The molecule has 2 N–H and O–H groups in total. The standard InChI is InChI=1S/C19H21N5O2S2/c1-3-20-18(26)21-17(25)15(13-9-6-5-7-10-13)28-19-23-22-16(24(19)4-2)14-11-8-12-27-14/h5-12,15H,3-4H2,1-2H3,(H2,20,21,25,26)/t15-/m0/s1. The van der Waals surface area contributed by atoms with Gasteiger partial charge in [0.25, 0.3) is 0 Å². The van der Waals surface area contributed by atoms with Gasteiger partial charge in [-0.3, -0.25) is 10.1 Å². The first-order chi connectivity index (χ1) is 13.6. The van der Waals surface area contributed by atoms with Crippen LogP contribution in [0.25, 0.3) is 10.7 Å². The molecule has 0 radical (unpaired) electrons. The second-order valence-corrected chi connectivity index (χ2v) is 7.80. The van der Waals surface area contributed by atoms with Crippen LogP contribution in [-0.4, -0.2) is 33.2 Å². The number of carbonyl (C=O) groups is 2. The van der Waals surface area contributed by atoms with Gasteiger partial charge in [0, 0.05) is 13.1 Å². The van der Waals surface area contributed by atoms with E-state index in [0.29, 0.717) is 18.2 Å². The predicted octanol–water partition coefficient (Wildman–Crippen LogP) is 3.71. The van der Waals surface area contributed by atoms with Gasteiger partial charge in [-0.1, -0.05) is 48.2 Å². The molecule has 1 aromatic carbocycles. The minimum absolute atomic E-state index is 0.398. The van der Waals surface area contributed by atoms with Gasteiger partial charge in [-0.2, -0.15) is 0 Å². The molecular weight excluding hydrogens is 394 g/mol. The van der Waals surface area contributed by atoms with Crippen LogP contribution in [0.4, 0.5) is 4.79 Å². The van der Waals surface area contributed by atoms with Gasteiger partial charge in [0.15, 0.2) is 11.0 Å². The highest BCUT2D eigenvalue weighted by molar-refractivity contribution is 8.00. The topological polar surface area (TPSA) is 88.9 Å². The van der Waals surface area contributed by atoms with E-state index in [1.54, 1.807) is 18.3 Å². The summed E-state index contributed by atoms with van der Waals surface area (Å²) in [5, 5.41) is 15.6. The normalized spacial score (nSPS) is 11.8. The van der Waals surface area contributed by atoms with Gasteiger partial charge >= 0.3 is 6.03 Å². The molecule has 0 unspecified atom stereocenters. The molecule has 0 fully saturated rings. The quantitative estimate of drug-likeness (QED) is 0.574. The zero-order chi connectivity index (χ0) is 19.9. The van der Waals surface area contributed by atoms with E-state index < -0.39 is 17.2 Å². The van der Waals surface area contributed by atoms with E-state index in [1.807, 2.05) is 59.3 Å². The van der Waals surface area contributed by atoms with Gasteiger partial charge in [0.05, 0.1) is 4.88 Å². The number of aromatic nitrogens is 3. The van der Waals surface area contributed by atoms with Gasteiger partial charge in [0.2, 0.25) is 5.91 Å². The SMILES string of the molecule is CCNC(=O)NC(=O)[C@@H](Sc1nnc(-c2cccs2)n1CC)c1ccccc1.